The van der Waals surface area contributed by atoms with E-state index in [1.54, 1.807) is 0 Å². The predicted octanol–water partition coefficient (Wildman–Crippen LogP) is 4.74. The number of hydrogen-bond donors (Lipinski definition) is 1. The summed E-state index contributed by atoms with van der Waals surface area (Å²) in [6.45, 7) is 4.39. The summed E-state index contributed by atoms with van der Waals surface area (Å²) >= 11 is 7.70. The Hall–Kier alpha value is -2.38. The van der Waals surface area contributed by atoms with Crippen molar-refractivity contribution in [2.75, 3.05) is 29.9 Å². The van der Waals surface area contributed by atoms with Crippen LogP contribution in [-0.4, -0.2) is 35.6 Å². The topological polar surface area (TPSA) is 67.3 Å². The summed E-state index contributed by atoms with van der Waals surface area (Å²) in [7, 11) is 0. The third-order valence-corrected chi connectivity index (χ3v) is 6.21. The lowest BCUT2D eigenvalue weighted by Gasteiger charge is -2.31. The first-order chi connectivity index (χ1) is 14.1. The lowest BCUT2D eigenvalue weighted by atomic mass is 9.97. The predicted molar refractivity (Wildman–Crippen MR) is 118 cm³/mol. The van der Waals surface area contributed by atoms with Gasteiger partial charge in [-0.2, -0.15) is 4.98 Å². The molecule has 2 aromatic heterocycles. The number of thiophene rings is 1. The van der Waals surface area contributed by atoms with Crippen molar-refractivity contribution < 1.29 is 9.53 Å². The van der Waals surface area contributed by atoms with E-state index in [0.29, 0.717) is 23.4 Å². The minimum atomic E-state index is -0.0984. The molecule has 0 saturated carbocycles. The molecule has 3 heterocycles. The number of halogens is 1. The summed E-state index contributed by atoms with van der Waals surface area (Å²) in [6.07, 6.45) is 1.50. The fraction of sp³-hybridized carbons (Fsp3) is 0.381. The van der Waals surface area contributed by atoms with E-state index in [9.17, 15) is 4.79 Å². The van der Waals surface area contributed by atoms with E-state index in [1.165, 1.54) is 16.9 Å². The molecule has 4 rings (SSSR count). The molecule has 1 fully saturated rings. The number of ether oxygens (including phenoxy) is 1. The number of carbonyl (C=O) groups excluding carboxylic acids is 1. The Morgan fingerprint density at radius 2 is 2.03 bits per heavy atom. The van der Waals surface area contributed by atoms with Gasteiger partial charge in [0.15, 0.2) is 0 Å². The SMILES string of the molecule is CCOC(=O)C1CCN(c2nc(NCc3ccccc3)c3cc(Cl)sc3n2)CC1. The lowest BCUT2D eigenvalue weighted by Crippen LogP contribution is -2.38. The Morgan fingerprint density at radius 3 is 2.76 bits per heavy atom. The van der Waals surface area contributed by atoms with Crippen LogP contribution in [0.3, 0.4) is 0 Å². The highest BCUT2D eigenvalue weighted by molar-refractivity contribution is 7.22. The standard InChI is InChI=1S/C21H23ClN4O2S/c1-2-28-20(27)15-8-10-26(11-9-15)21-24-18(16-12-17(22)29-19(16)25-21)23-13-14-6-4-3-5-7-14/h3-7,12,15H,2,8-11,13H2,1H3,(H,23,24,25). The van der Waals surface area contributed by atoms with Crippen molar-refractivity contribution in [1.29, 1.82) is 0 Å². The summed E-state index contributed by atoms with van der Waals surface area (Å²) in [6, 6.07) is 12.1. The van der Waals surface area contributed by atoms with E-state index in [2.05, 4.69) is 22.3 Å². The lowest BCUT2D eigenvalue weighted by molar-refractivity contribution is -0.148. The summed E-state index contributed by atoms with van der Waals surface area (Å²) in [5.74, 6) is 1.32. The molecule has 3 aromatic rings. The minimum Gasteiger partial charge on any atom is -0.466 e. The molecule has 0 aliphatic carbocycles. The molecule has 1 N–H and O–H groups in total. The Kier molecular flexibility index (Phi) is 6.16. The molecule has 8 heteroatoms. The Labute approximate surface area is 178 Å². The molecule has 0 amide bonds. The third kappa shape index (κ3) is 4.62. The third-order valence-electron chi connectivity index (χ3n) is 5.05. The van der Waals surface area contributed by atoms with E-state index in [1.807, 2.05) is 31.2 Å². The zero-order valence-electron chi connectivity index (χ0n) is 16.2. The molecule has 0 unspecified atom stereocenters. The second kappa shape index (κ2) is 8.97. The smallest absolute Gasteiger partial charge is 0.309 e. The van der Waals surface area contributed by atoms with Crippen LogP contribution in [0.25, 0.3) is 10.2 Å². The van der Waals surface area contributed by atoms with E-state index < -0.39 is 0 Å². The molecule has 1 aliphatic rings. The molecular formula is C21H23ClN4O2S. The largest absolute Gasteiger partial charge is 0.466 e. The second-order valence-corrected chi connectivity index (χ2v) is 8.66. The van der Waals surface area contributed by atoms with Gasteiger partial charge < -0.3 is 15.0 Å². The van der Waals surface area contributed by atoms with Gasteiger partial charge in [-0.25, -0.2) is 4.98 Å². The molecular weight excluding hydrogens is 408 g/mol. The van der Waals surface area contributed by atoms with Crippen molar-refractivity contribution in [3.05, 3.63) is 46.3 Å². The minimum absolute atomic E-state index is 0.0400. The number of hydrogen-bond acceptors (Lipinski definition) is 7. The number of piperidine rings is 1. The van der Waals surface area contributed by atoms with Gasteiger partial charge in [0.2, 0.25) is 5.95 Å². The van der Waals surface area contributed by atoms with Crippen molar-refractivity contribution in [3.8, 4) is 0 Å². The first-order valence-electron chi connectivity index (χ1n) is 9.80. The average molecular weight is 431 g/mol. The van der Waals surface area contributed by atoms with Crippen LogP contribution in [0.2, 0.25) is 4.34 Å². The van der Waals surface area contributed by atoms with E-state index in [-0.39, 0.29) is 11.9 Å². The van der Waals surface area contributed by atoms with Crippen LogP contribution in [0.5, 0.6) is 0 Å². The zero-order valence-corrected chi connectivity index (χ0v) is 17.8. The first-order valence-corrected chi connectivity index (χ1v) is 11.0. The number of anilines is 2. The van der Waals surface area contributed by atoms with Crippen LogP contribution in [0, 0.1) is 5.92 Å². The summed E-state index contributed by atoms with van der Waals surface area (Å²) < 4.78 is 5.85. The summed E-state index contributed by atoms with van der Waals surface area (Å²) in [4.78, 5) is 24.5. The van der Waals surface area contributed by atoms with Crippen molar-refractivity contribution in [3.63, 3.8) is 0 Å². The van der Waals surface area contributed by atoms with Gasteiger partial charge in [0.25, 0.3) is 0 Å². The Morgan fingerprint density at radius 1 is 1.28 bits per heavy atom. The highest BCUT2D eigenvalue weighted by Gasteiger charge is 2.27. The molecule has 0 atom stereocenters. The molecule has 0 bridgehead atoms. The highest BCUT2D eigenvalue weighted by Crippen LogP contribution is 2.34. The molecule has 1 aromatic carbocycles. The van der Waals surface area contributed by atoms with Gasteiger partial charge in [-0.15, -0.1) is 11.3 Å². The van der Waals surface area contributed by atoms with Crippen molar-refractivity contribution in [1.82, 2.24) is 9.97 Å². The maximum Gasteiger partial charge on any atom is 0.309 e. The second-order valence-electron chi connectivity index (χ2n) is 6.99. The molecule has 29 heavy (non-hydrogen) atoms. The Balaban J connectivity index is 1.53. The Bertz CT molecular complexity index is 987. The van der Waals surface area contributed by atoms with E-state index >= 15 is 0 Å². The summed E-state index contributed by atoms with van der Waals surface area (Å²) in [5, 5.41) is 4.37. The highest BCUT2D eigenvalue weighted by atomic mass is 35.5. The van der Waals surface area contributed by atoms with Gasteiger partial charge >= 0.3 is 5.97 Å². The fourth-order valence-corrected chi connectivity index (χ4v) is 4.60. The maximum absolute atomic E-state index is 12.0. The molecule has 0 spiro atoms. The number of aromatic nitrogens is 2. The van der Waals surface area contributed by atoms with E-state index in [0.717, 1.165) is 42.0 Å². The van der Waals surface area contributed by atoms with Crippen LogP contribution < -0.4 is 10.2 Å². The van der Waals surface area contributed by atoms with Crippen LogP contribution >= 0.6 is 22.9 Å². The quantitative estimate of drug-likeness (QED) is 0.570. The van der Waals surface area contributed by atoms with Gasteiger partial charge in [-0.1, -0.05) is 41.9 Å². The number of benzene rings is 1. The van der Waals surface area contributed by atoms with Crippen molar-refractivity contribution >= 4 is 50.9 Å². The number of fused-ring (bicyclic) bond motifs is 1. The van der Waals surface area contributed by atoms with Crippen molar-refractivity contribution in [2.24, 2.45) is 5.92 Å². The average Bonchev–Trinajstić information content (AvgIpc) is 3.13. The fourth-order valence-electron chi connectivity index (χ4n) is 3.51. The van der Waals surface area contributed by atoms with Crippen LogP contribution in [0.4, 0.5) is 11.8 Å². The maximum atomic E-state index is 12.0. The van der Waals surface area contributed by atoms with Gasteiger partial charge in [-0.3, -0.25) is 4.79 Å². The van der Waals surface area contributed by atoms with Crippen LogP contribution in [-0.2, 0) is 16.1 Å². The number of esters is 1. The summed E-state index contributed by atoms with van der Waals surface area (Å²) in [5.41, 5.74) is 1.18. The van der Waals surface area contributed by atoms with Crippen molar-refractivity contribution in [2.45, 2.75) is 26.3 Å². The number of rotatable bonds is 6. The molecule has 0 radical (unpaired) electrons. The van der Waals surface area contributed by atoms with Gasteiger partial charge in [0.05, 0.1) is 22.2 Å². The molecule has 1 aliphatic heterocycles. The molecule has 152 valence electrons. The van der Waals surface area contributed by atoms with Gasteiger partial charge in [-0.05, 0) is 31.4 Å². The van der Waals surface area contributed by atoms with Crippen LogP contribution in [0.15, 0.2) is 36.4 Å². The monoisotopic (exact) mass is 430 g/mol. The van der Waals surface area contributed by atoms with E-state index in [4.69, 9.17) is 26.3 Å². The molecule has 6 nitrogen and oxygen atoms in total. The normalized spacial score (nSPS) is 14.9. The number of nitrogens with zero attached hydrogens (tertiary/aromatic N) is 3. The van der Waals surface area contributed by atoms with Gasteiger partial charge in [0.1, 0.15) is 10.6 Å². The zero-order chi connectivity index (χ0) is 20.2. The first kappa shape index (κ1) is 19.9. The number of nitrogens with one attached hydrogen (secondary N) is 1. The van der Waals surface area contributed by atoms with Crippen LogP contribution in [0.1, 0.15) is 25.3 Å². The number of carbonyl (C=O) groups is 1. The molecule has 1 saturated heterocycles. The van der Waals surface area contributed by atoms with Gasteiger partial charge in [0, 0.05) is 19.6 Å².